The Morgan fingerprint density at radius 2 is 1.96 bits per heavy atom. The number of carbonyl (C=O) groups excluding carboxylic acids is 1. The minimum atomic E-state index is -1.63. The number of methoxy groups -OCH3 is 1. The molecule has 5 nitrogen and oxygen atoms in total. The summed E-state index contributed by atoms with van der Waals surface area (Å²) in [7, 11) is 1.60. The molecule has 0 radical (unpaired) electrons. The summed E-state index contributed by atoms with van der Waals surface area (Å²) in [6.07, 6.45) is 0. The summed E-state index contributed by atoms with van der Waals surface area (Å²) in [5, 5.41) is 2.23. The third kappa shape index (κ3) is 4.15. The molecule has 1 aromatic heterocycles. The molecular weight excluding hydrogens is 391 g/mol. The molecule has 2 aromatic carbocycles. The zero-order valence-electron chi connectivity index (χ0n) is 15.2. The molecule has 1 unspecified atom stereocenters. The lowest BCUT2D eigenvalue weighted by atomic mass is 10.2. The van der Waals surface area contributed by atoms with E-state index in [0.29, 0.717) is 18.3 Å². The van der Waals surface area contributed by atoms with Crippen LogP contribution in [0.15, 0.2) is 41.6 Å². The molecule has 0 spiro atoms. The molecule has 0 fully saturated rings. The Hall–Kier alpha value is -2.52. The topological polar surface area (TPSA) is 56.1 Å². The molecule has 0 aliphatic rings. The number of halogens is 3. The summed E-state index contributed by atoms with van der Waals surface area (Å²) in [5.74, 6) is -4.93. The van der Waals surface area contributed by atoms with Crippen molar-refractivity contribution in [2.75, 3.05) is 19.0 Å². The van der Waals surface area contributed by atoms with E-state index >= 15 is 0 Å². The molecule has 0 saturated carbocycles. The number of nitrogens with zero attached hydrogens (tertiary/aromatic N) is 2. The number of amides is 1. The van der Waals surface area contributed by atoms with Crippen LogP contribution in [0.3, 0.4) is 0 Å². The lowest BCUT2D eigenvalue weighted by molar-refractivity contribution is -0.115. The van der Waals surface area contributed by atoms with Crippen molar-refractivity contribution in [1.82, 2.24) is 9.55 Å². The van der Waals surface area contributed by atoms with Gasteiger partial charge in [-0.15, -0.1) is 0 Å². The van der Waals surface area contributed by atoms with E-state index in [1.165, 1.54) is 11.8 Å². The molecule has 0 saturated heterocycles. The van der Waals surface area contributed by atoms with E-state index in [-0.39, 0.29) is 0 Å². The van der Waals surface area contributed by atoms with Crippen LogP contribution >= 0.6 is 11.8 Å². The number of imidazole rings is 1. The van der Waals surface area contributed by atoms with Gasteiger partial charge in [0.05, 0.1) is 28.6 Å². The van der Waals surface area contributed by atoms with E-state index < -0.39 is 34.3 Å². The van der Waals surface area contributed by atoms with Crippen LogP contribution in [0.25, 0.3) is 11.0 Å². The standard InChI is InChI=1S/C19H18F3N3O2S/c1-11(18(26)23-14-8-7-12(20)16(21)17(14)22)28-19-24-13-5-3-4-6-15(13)25(19)9-10-27-2/h3-8,11H,9-10H2,1-2H3,(H,23,26). The minimum absolute atomic E-state index is 0.413. The number of nitrogens with one attached hydrogen (secondary N) is 1. The summed E-state index contributed by atoms with van der Waals surface area (Å²) in [5.41, 5.74) is 1.27. The molecule has 28 heavy (non-hydrogen) atoms. The molecule has 0 aliphatic carbocycles. The number of ether oxygens (including phenoxy) is 1. The van der Waals surface area contributed by atoms with Gasteiger partial charge in [0.15, 0.2) is 22.6 Å². The van der Waals surface area contributed by atoms with Gasteiger partial charge in [-0.1, -0.05) is 23.9 Å². The molecular formula is C19H18F3N3O2S. The van der Waals surface area contributed by atoms with Gasteiger partial charge in [-0.05, 0) is 31.2 Å². The molecule has 3 rings (SSSR count). The van der Waals surface area contributed by atoms with Crippen LogP contribution in [0.1, 0.15) is 6.92 Å². The Balaban J connectivity index is 1.79. The van der Waals surface area contributed by atoms with Gasteiger partial charge in [-0.3, -0.25) is 4.79 Å². The van der Waals surface area contributed by atoms with Crippen LogP contribution in [0.2, 0.25) is 0 Å². The number of anilines is 1. The number of rotatable bonds is 7. The van der Waals surface area contributed by atoms with Gasteiger partial charge in [-0.25, -0.2) is 18.2 Å². The lowest BCUT2D eigenvalue weighted by Crippen LogP contribution is -2.24. The second-order valence-electron chi connectivity index (χ2n) is 6.00. The number of benzene rings is 2. The first-order valence-corrected chi connectivity index (χ1v) is 9.35. The number of carbonyl (C=O) groups is 1. The Morgan fingerprint density at radius 3 is 2.71 bits per heavy atom. The predicted octanol–water partition coefficient (Wildman–Crippen LogP) is 4.22. The first-order chi connectivity index (χ1) is 13.4. The molecule has 1 atom stereocenters. The normalized spacial score (nSPS) is 12.3. The molecule has 148 valence electrons. The Bertz CT molecular complexity index is 1010. The van der Waals surface area contributed by atoms with E-state index in [9.17, 15) is 18.0 Å². The van der Waals surface area contributed by atoms with Crippen LogP contribution < -0.4 is 5.32 Å². The van der Waals surface area contributed by atoms with Crippen molar-refractivity contribution in [3.05, 3.63) is 53.8 Å². The van der Waals surface area contributed by atoms with E-state index in [1.54, 1.807) is 14.0 Å². The highest BCUT2D eigenvalue weighted by molar-refractivity contribution is 8.00. The number of hydrogen-bond donors (Lipinski definition) is 1. The lowest BCUT2D eigenvalue weighted by Gasteiger charge is -2.14. The van der Waals surface area contributed by atoms with Gasteiger partial charge in [-0.2, -0.15) is 0 Å². The van der Waals surface area contributed by atoms with Crippen LogP contribution in [0, 0.1) is 17.5 Å². The van der Waals surface area contributed by atoms with Crippen molar-refractivity contribution in [1.29, 1.82) is 0 Å². The van der Waals surface area contributed by atoms with Crippen molar-refractivity contribution in [3.8, 4) is 0 Å². The molecule has 0 bridgehead atoms. The van der Waals surface area contributed by atoms with Gasteiger partial charge < -0.3 is 14.6 Å². The van der Waals surface area contributed by atoms with Crippen LogP contribution in [0.5, 0.6) is 0 Å². The fourth-order valence-electron chi connectivity index (χ4n) is 2.61. The van der Waals surface area contributed by atoms with Crippen molar-refractivity contribution in [2.45, 2.75) is 23.9 Å². The van der Waals surface area contributed by atoms with Gasteiger partial charge >= 0.3 is 0 Å². The molecule has 9 heteroatoms. The summed E-state index contributed by atoms with van der Waals surface area (Å²) >= 11 is 1.18. The molecule has 1 heterocycles. The maximum absolute atomic E-state index is 13.8. The van der Waals surface area contributed by atoms with Crippen LogP contribution in [0.4, 0.5) is 18.9 Å². The van der Waals surface area contributed by atoms with Crippen molar-refractivity contribution in [2.24, 2.45) is 0 Å². The van der Waals surface area contributed by atoms with Crippen molar-refractivity contribution >= 4 is 34.4 Å². The average Bonchev–Trinajstić information content (AvgIpc) is 3.03. The summed E-state index contributed by atoms with van der Waals surface area (Å²) < 4.78 is 47.2. The van der Waals surface area contributed by atoms with Gasteiger partial charge in [0.1, 0.15) is 0 Å². The highest BCUT2D eigenvalue weighted by Crippen LogP contribution is 2.28. The maximum Gasteiger partial charge on any atom is 0.237 e. The Labute approximate surface area is 163 Å². The number of fused-ring (bicyclic) bond motifs is 1. The van der Waals surface area contributed by atoms with E-state index in [4.69, 9.17) is 4.74 Å². The number of aromatic nitrogens is 2. The first-order valence-electron chi connectivity index (χ1n) is 8.47. The van der Waals surface area contributed by atoms with Crippen molar-refractivity contribution in [3.63, 3.8) is 0 Å². The highest BCUT2D eigenvalue weighted by atomic mass is 32.2. The smallest absolute Gasteiger partial charge is 0.237 e. The zero-order chi connectivity index (χ0) is 20.3. The number of para-hydroxylation sites is 2. The fourth-order valence-corrected chi connectivity index (χ4v) is 3.56. The highest BCUT2D eigenvalue weighted by Gasteiger charge is 2.22. The molecule has 0 aliphatic heterocycles. The number of hydrogen-bond acceptors (Lipinski definition) is 4. The maximum atomic E-state index is 13.8. The fraction of sp³-hybridized carbons (Fsp3) is 0.263. The third-order valence-electron chi connectivity index (χ3n) is 4.08. The second kappa shape index (κ2) is 8.66. The largest absolute Gasteiger partial charge is 0.383 e. The minimum Gasteiger partial charge on any atom is -0.383 e. The van der Waals surface area contributed by atoms with Gasteiger partial charge in [0, 0.05) is 13.7 Å². The van der Waals surface area contributed by atoms with Crippen molar-refractivity contribution < 1.29 is 22.7 Å². The SMILES string of the molecule is COCCn1c(SC(C)C(=O)Nc2ccc(F)c(F)c2F)nc2ccccc21. The van der Waals surface area contributed by atoms with E-state index in [1.807, 2.05) is 28.8 Å². The summed E-state index contributed by atoms with van der Waals surface area (Å²) in [4.78, 5) is 17.0. The molecule has 3 aromatic rings. The third-order valence-corrected chi connectivity index (χ3v) is 5.17. The van der Waals surface area contributed by atoms with E-state index in [0.717, 1.165) is 23.2 Å². The predicted molar refractivity (Wildman–Crippen MR) is 102 cm³/mol. The van der Waals surface area contributed by atoms with E-state index in [2.05, 4.69) is 10.3 Å². The first kappa shape index (κ1) is 20.2. The average molecular weight is 409 g/mol. The second-order valence-corrected chi connectivity index (χ2v) is 7.31. The monoisotopic (exact) mass is 409 g/mol. The van der Waals surface area contributed by atoms with Gasteiger partial charge in [0.2, 0.25) is 5.91 Å². The molecule has 1 N–H and O–H groups in total. The van der Waals surface area contributed by atoms with Crippen LogP contribution in [-0.4, -0.2) is 34.4 Å². The zero-order valence-corrected chi connectivity index (χ0v) is 16.0. The Morgan fingerprint density at radius 1 is 1.21 bits per heavy atom. The summed E-state index contributed by atoms with van der Waals surface area (Å²) in [6, 6.07) is 9.29. The Kier molecular flexibility index (Phi) is 6.25. The van der Waals surface area contributed by atoms with Crippen LogP contribution in [-0.2, 0) is 16.1 Å². The molecule has 1 amide bonds. The number of thioether (sulfide) groups is 1. The summed E-state index contributed by atoms with van der Waals surface area (Å²) in [6.45, 7) is 2.64. The quantitative estimate of drug-likeness (QED) is 0.469. The van der Waals surface area contributed by atoms with Gasteiger partial charge in [0.25, 0.3) is 0 Å².